The summed E-state index contributed by atoms with van der Waals surface area (Å²) in [5.41, 5.74) is 4.00. The minimum Gasteiger partial charge on any atom is -0.356 e. The van der Waals surface area contributed by atoms with Gasteiger partial charge in [0.2, 0.25) is 5.91 Å². The molecule has 2 aromatic carbocycles. The van der Waals surface area contributed by atoms with E-state index in [0.29, 0.717) is 6.54 Å². The molecule has 0 bridgehead atoms. The second kappa shape index (κ2) is 7.64. The maximum Gasteiger partial charge on any atom is 0.223 e. The molecule has 2 atom stereocenters. The summed E-state index contributed by atoms with van der Waals surface area (Å²) >= 11 is 0. The van der Waals surface area contributed by atoms with Crippen LogP contribution < -0.4 is 5.32 Å². The summed E-state index contributed by atoms with van der Waals surface area (Å²) in [5.74, 6) is 1.06. The van der Waals surface area contributed by atoms with E-state index in [2.05, 4.69) is 66.7 Å². The molecule has 7 heteroatoms. The SMILES string of the molecule is CCNC(=O)C1CCC(n2cnnc2-c2ccc(-c3cc#cc4[nH]ncc34)cc2)C1. The van der Waals surface area contributed by atoms with Gasteiger partial charge in [0.05, 0.1) is 6.20 Å². The standard InChI is InChI=1S/C23H22N6O/c1-2-24-23(30)17-10-11-18(12-17)29-14-26-28-22(29)16-8-6-15(7-9-16)19-4-3-5-21-20(19)13-25-27-21/h4,6-9,13-14,17-18H,2,10-12H2,1H3,(H,24,30)(H,25,27). The molecule has 0 aliphatic heterocycles. The van der Waals surface area contributed by atoms with E-state index in [-0.39, 0.29) is 17.9 Å². The summed E-state index contributed by atoms with van der Waals surface area (Å²) in [6, 6.07) is 16.5. The van der Waals surface area contributed by atoms with E-state index in [9.17, 15) is 4.79 Å². The third-order valence-electron chi connectivity index (χ3n) is 5.89. The number of rotatable bonds is 5. The zero-order chi connectivity index (χ0) is 20.5. The van der Waals surface area contributed by atoms with Crippen molar-refractivity contribution in [2.24, 2.45) is 5.92 Å². The van der Waals surface area contributed by atoms with Crippen molar-refractivity contribution >= 4 is 16.8 Å². The zero-order valence-electron chi connectivity index (χ0n) is 16.7. The van der Waals surface area contributed by atoms with E-state index in [1.165, 1.54) is 0 Å². The Hall–Kier alpha value is -3.66. The molecule has 1 saturated carbocycles. The van der Waals surface area contributed by atoms with Crippen molar-refractivity contribution in [3.05, 3.63) is 55.0 Å². The van der Waals surface area contributed by atoms with Crippen LogP contribution in [-0.2, 0) is 4.79 Å². The number of fused-ring (bicyclic) bond motifs is 1. The molecule has 0 spiro atoms. The average molecular weight is 398 g/mol. The van der Waals surface area contributed by atoms with Gasteiger partial charge in [-0.05, 0) is 43.9 Å². The Labute approximate surface area is 174 Å². The Balaban J connectivity index is 1.40. The molecule has 30 heavy (non-hydrogen) atoms. The lowest BCUT2D eigenvalue weighted by atomic mass is 10.0. The van der Waals surface area contributed by atoms with Crippen molar-refractivity contribution in [1.29, 1.82) is 0 Å². The maximum absolute atomic E-state index is 12.2. The fourth-order valence-corrected chi connectivity index (χ4v) is 4.37. The number of benzene rings is 1. The zero-order valence-corrected chi connectivity index (χ0v) is 16.7. The van der Waals surface area contributed by atoms with E-state index in [4.69, 9.17) is 0 Å². The van der Waals surface area contributed by atoms with E-state index >= 15 is 0 Å². The Bertz CT molecular complexity index is 1180. The van der Waals surface area contributed by atoms with Crippen LogP contribution in [-0.4, -0.2) is 37.4 Å². The molecule has 7 nitrogen and oxygen atoms in total. The maximum atomic E-state index is 12.2. The van der Waals surface area contributed by atoms with Gasteiger partial charge in [-0.15, -0.1) is 10.2 Å². The number of H-pyrrole nitrogens is 1. The second-order valence-electron chi connectivity index (χ2n) is 7.68. The quantitative estimate of drug-likeness (QED) is 0.538. The number of amides is 1. The van der Waals surface area contributed by atoms with Gasteiger partial charge in [0.1, 0.15) is 11.8 Å². The predicted octanol–water partition coefficient (Wildman–Crippen LogP) is 3.57. The molecule has 2 heterocycles. The van der Waals surface area contributed by atoms with Crippen molar-refractivity contribution in [3.8, 4) is 22.5 Å². The van der Waals surface area contributed by atoms with Gasteiger partial charge in [-0.3, -0.25) is 9.89 Å². The smallest absolute Gasteiger partial charge is 0.223 e. The first-order valence-electron chi connectivity index (χ1n) is 10.3. The summed E-state index contributed by atoms with van der Waals surface area (Å²) in [7, 11) is 0. The Morgan fingerprint density at radius 2 is 2.10 bits per heavy atom. The van der Waals surface area contributed by atoms with E-state index in [1.807, 2.05) is 19.2 Å². The lowest BCUT2D eigenvalue weighted by molar-refractivity contribution is -0.124. The lowest BCUT2D eigenvalue weighted by Crippen LogP contribution is -2.29. The van der Waals surface area contributed by atoms with Crippen molar-refractivity contribution in [2.75, 3.05) is 6.54 Å². The van der Waals surface area contributed by atoms with Gasteiger partial charge in [0.15, 0.2) is 5.82 Å². The van der Waals surface area contributed by atoms with Crippen LogP contribution in [0.2, 0.25) is 0 Å². The highest BCUT2D eigenvalue weighted by Crippen LogP contribution is 2.37. The molecule has 5 rings (SSSR count). The first kappa shape index (κ1) is 18.4. The minimum atomic E-state index is 0.0658. The fraction of sp³-hybridized carbons (Fsp3) is 0.304. The average Bonchev–Trinajstić information content (AvgIpc) is 3.53. The van der Waals surface area contributed by atoms with Crippen molar-refractivity contribution in [3.63, 3.8) is 0 Å². The van der Waals surface area contributed by atoms with Crippen LogP contribution >= 0.6 is 0 Å². The molecule has 1 aliphatic carbocycles. The molecule has 1 aliphatic rings. The number of carbonyl (C=O) groups excluding carboxylic acids is 1. The monoisotopic (exact) mass is 398 g/mol. The highest BCUT2D eigenvalue weighted by Gasteiger charge is 2.31. The molecular formula is C23H22N6O. The summed E-state index contributed by atoms with van der Waals surface area (Å²) in [6.45, 7) is 2.63. The third kappa shape index (κ3) is 3.20. The fourth-order valence-electron chi connectivity index (χ4n) is 4.37. The molecule has 2 aromatic heterocycles. The Morgan fingerprint density at radius 3 is 2.93 bits per heavy atom. The van der Waals surface area contributed by atoms with Gasteiger partial charge in [0, 0.05) is 35.0 Å². The lowest BCUT2D eigenvalue weighted by Gasteiger charge is -2.15. The number of carbonyl (C=O) groups is 1. The Morgan fingerprint density at radius 1 is 1.27 bits per heavy atom. The van der Waals surface area contributed by atoms with Crippen LogP contribution in [0.25, 0.3) is 33.4 Å². The molecule has 4 aromatic rings. The van der Waals surface area contributed by atoms with Gasteiger partial charge in [-0.25, -0.2) is 0 Å². The number of nitrogens with zero attached hydrogens (tertiary/aromatic N) is 4. The van der Waals surface area contributed by atoms with E-state index < -0.39 is 0 Å². The van der Waals surface area contributed by atoms with Crippen molar-refractivity contribution in [2.45, 2.75) is 32.2 Å². The van der Waals surface area contributed by atoms with E-state index in [0.717, 1.165) is 52.7 Å². The topological polar surface area (TPSA) is 88.5 Å². The molecular weight excluding hydrogens is 376 g/mol. The first-order chi connectivity index (χ1) is 14.7. The largest absolute Gasteiger partial charge is 0.356 e. The van der Waals surface area contributed by atoms with Crippen LogP contribution in [0.3, 0.4) is 0 Å². The Kier molecular flexibility index (Phi) is 4.68. The van der Waals surface area contributed by atoms with Crippen LogP contribution in [0.1, 0.15) is 32.2 Å². The van der Waals surface area contributed by atoms with Crippen LogP contribution in [0.15, 0.2) is 42.9 Å². The first-order valence-corrected chi connectivity index (χ1v) is 10.3. The molecule has 0 radical (unpaired) electrons. The van der Waals surface area contributed by atoms with E-state index in [1.54, 1.807) is 6.33 Å². The molecule has 1 amide bonds. The molecule has 2 unspecified atom stereocenters. The van der Waals surface area contributed by atoms with Gasteiger partial charge in [0.25, 0.3) is 0 Å². The molecule has 2 N–H and O–H groups in total. The van der Waals surface area contributed by atoms with Gasteiger partial charge < -0.3 is 9.88 Å². The number of hydrogen-bond donors (Lipinski definition) is 2. The number of aromatic amines is 1. The predicted molar refractivity (Wildman–Crippen MR) is 113 cm³/mol. The van der Waals surface area contributed by atoms with Gasteiger partial charge in [-0.2, -0.15) is 5.10 Å². The van der Waals surface area contributed by atoms with Gasteiger partial charge >= 0.3 is 0 Å². The third-order valence-corrected chi connectivity index (χ3v) is 5.89. The van der Waals surface area contributed by atoms with Crippen molar-refractivity contribution < 1.29 is 4.79 Å². The van der Waals surface area contributed by atoms with Crippen LogP contribution in [0.4, 0.5) is 0 Å². The second-order valence-corrected chi connectivity index (χ2v) is 7.68. The highest BCUT2D eigenvalue weighted by molar-refractivity contribution is 5.93. The summed E-state index contributed by atoms with van der Waals surface area (Å²) in [6.07, 6.45) is 6.27. The number of nitrogens with one attached hydrogen (secondary N) is 2. The van der Waals surface area contributed by atoms with Gasteiger partial charge in [-0.1, -0.05) is 30.3 Å². The summed E-state index contributed by atoms with van der Waals surface area (Å²) in [4.78, 5) is 12.2. The number of hydrogen-bond acceptors (Lipinski definition) is 4. The van der Waals surface area contributed by atoms with Crippen LogP contribution in [0, 0.1) is 18.1 Å². The normalized spacial score (nSPS) is 18.4. The minimum absolute atomic E-state index is 0.0658. The summed E-state index contributed by atoms with van der Waals surface area (Å²) in [5, 5.41) is 19.5. The molecule has 0 saturated heterocycles. The highest BCUT2D eigenvalue weighted by atomic mass is 16.1. The van der Waals surface area contributed by atoms with Crippen molar-refractivity contribution in [1.82, 2.24) is 30.3 Å². The molecule has 150 valence electrons. The molecule has 1 fully saturated rings. The van der Waals surface area contributed by atoms with Crippen LogP contribution in [0.5, 0.6) is 0 Å². The number of aromatic nitrogens is 5. The summed E-state index contributed by atoms with van der Waals surface area (Å²) < 4.78 is 2.12.